The fourth-order valence-electron chi connectivity index (χ4n) is 3.42. The van der Waals surface area contributed by atoms with Crippen LogP contribution in [0.2, 0.25) is 0 Å². The van der Waals surface area contributed by atoms with E-state index in [2.05, 4.69) is 0 Å². The summed E-state index contributed by atoms with van der Waals surface area (Å²) in [6, 6.07) is 7.65. The van der Waals surface area contributed by atoms with Crippen molar-refractivity contribution in [1.29, 1.82) is 0 Å². The molecule has 1 aliphatic rings. The molecule has 1 aromatic heterocycles. The van der Waals surface area contributed by atoms with E-state index >= 15 is 0 Å². The van der Waals surface area contributed by atoms with Crippen molar-refractivity contribution in [3.63, 3.8) is 0 Å². The molecule has 0 amide bonds. The second-order valence-electron chi connectivity index (χ2n) is 6.56. The van der Waals surface area contributed by atoms with E-state index in [1.165, 1.54) is 27.4 Å². The van der Waals surface area contributed by atoms with Gasteiger partial charge in [-0.05, 0) is 24.3 Å². The summed E-state index contributed by atoms with van der Waals surface area (Å²) in [5.41, 5.74) is 0.158. The first-order valence-electron chi connectivity index (χ1n) is 9.04. The Morgan fingerprint density at radius 3 is 2.20 bits per heavy atom. The van der Waals surface area contributed by atoms with Crippen molar-refractivity contribution in [3.8, 4) is 34.5 Å². The highest BCUT2D eigenvalue weighted by atomic mass is 16.6. The van der Waals surface area contributed by atoms with Crippen molar-refractivity contribution >= 4 is 11.0 Å². The molecule has 158 valence electrons. The number of aliphatic hydroxyl groups is 1. The highest BCUT2D eigenvalue weighted by Gasteiger charge is 2.37. The van der Waals surface area contributed by atoms with E-state index < -0.39 is 17.8 Å². The lowest BCUT2D eigenvalue weighted by Gasteiger charge is -2.34. The molecule has 0 radical (unpaired) electrons. The van der Waals surface area contributed by atoms with Gasteiger partial charge in [0.1, 0.15) is 0 Å². The number of hydrogen-bond acceptors (Lipinski definition) is 9. The molecule has 30 heavy (non-hydrogen) atoms. The predicted octanol–water partition coefficient (Wildman–Crippen LogP) is 2.40. The number of fused-ring (bicyclic) bond motifs is 3. The summed E-state index contributed by atoms with van der Waals surface area (Å²) < 4.78 is 33.3. The van der Waals surface area contributed by atoms with Gasteiger partial charge in [-0.3, -0.25) is 0 Å². The second kappa shape index (κ2) is 7.68. The molecule has 9 nitrogen and oxygen atoms in total. The smallest absolute Gasteiger partial charge is 0.336 e. The van der Waals surface area contributed by atoms with Crippen LogP contribution < -0.4 is 29.3 Å². The molecular formula is C21H20O9. The molecule has 2 heterocycles. The monoisotopic (exact) mass is 416 g/mol. The number of phenolic OH excluding ortho intramolecular Hbond substituents is 1. The van der Waals surface area contributed by atoms with Crippen molar-refractivity contribution in [2.45, 2.75) is 12.2 Å². The Hall–Kier alpha value is -3.59. The van der Waals surface area contributed by atoms with E-state index in [4.69, 9.17) is 28.1 Å². The zero-order chi connectivity index (χ0) is 21.4. The lowest BCUT2D eigenvalue weighted by Crippen LogP contribution is -2.36. The van der Waals surface area contributed by atoms with Gasteiger partial charge in [0.25, 0.3) is 0 Å². The maximum atomic E-state index is 11.8. The third-order valence-electron chi connectivity index (χ3n) is 4.87. The molecule has 0 saturated carbocycles. The van der Waals surface area contributed by atoms with Crippen molar-refractivity contribution in [3.05, 3.63) is 46.3 Å². The number of ether oxygens (including phenoxy) is 5. The summed E-state index contributed by atoms with van der Waals surface area (Å²) in [6.07, 6.45) is -1.65. The maximum Gasteiger partial charge on any atom is 0.336 e. The highest BCUT2D eigenvalue weighted by Crippen LogP contribution is 2.50. The molecule has 0 aliphatic carbocycles. The third-order valence-corrected chi connectivity index (χ3v) is 4.87. The normalized spacial score (nSPS) is 17.6. The molecule has 0 saturated heterocycles. The van der Waals surface area contributed by atoms with Gasteiger partial charge in [0.2, 0.25) is 17.2 Å². The molecule has 2 atom stereocenters. The van der Waals surface area contributed by atoms with Gasteiger partial charge < -0.3 is 38.3 Å². The van der Waals surface area contributed by atoms with Crippen LogP contribution in [0.5, 0.6) is 34.5 Å². The number of phenols is 1. The van der Waals surface area contributed by atoms with Gasteiger partial charge in [-0.15, -0.1) is 0 Å². The van der Waals surface area contributed by atoms with Crippen LogP contribution in [0, 0.1) is 0 Å². The van der Waals surface area contributed by atoms with Gasteiger partial charge >= 0.3 is 5.63 Å². The van der Waals surface area contributed by atoms with Crippen molar-refractivity contribution in [1.82, 2.24) is 0 Å². The van der Waals surface area contributed by atoms with E-state index in [0.717, 1.165) is 0 Å². The van der Waals surface area contributed by atoms with Crippen LogP contribution in [0.3, 0.4) is 0 Å². The van der Waals surface area contributed by atoms with Crippen LogP contribution in [0.1, 0.15) is 11.7 Å². The molecule has 9 heteroatoms. The highest BCUT2D eigenvalue weighted by molar-refractivity contribution is 5.88. The second-order valence-corrected chi connectivity index (χ2v) is 6.56. The zero-order valence-corrected chi connectivity index (χ0v) is 16.5. The summed E-state index contributed by atoms with van der Waals surface area (Å²) >= 11 is 0. The van der Waals surface area contributed by atoms with Crippen LogP contribution in [-0.4, -0.2) is 44.3 Å². The van der Waals surface area contributed by atoms with Crippen LogP contribution in [0.15, 0.2) is 39.5 Å². The fourth-order valence-corrected chi connectivity index (χ4v) is 3.42. The van der Waals surface area contributed by atoms with Gasteiger partial charge in [-0.1, -0.05) is 0 Å². The summed E-state index contributed by atoms with van der Waals surface area (Å²) in [4.78, 5) is 11.8. The number of aromatic hydroxyl groups is 1. The molecule has 0 unspecified atom stereocenters. The quantitative estimate of drug-likeness (QED) is 0.605. The van der Waals surface area contributed by atoms with Crippen molar-refractivity contribution in [2.24, 2.45) is 0 Å². The van der Waals surface area contributed by atoms with Crippen LogP contribution in [0.25, 0.3) is 11.0 Å². The molecular weight excluding hydrogens is 396 g/mol. The van der Waals surface area contributed by atoms with Crippen molar-refractivity contribution < 1.29 is 38.3 Å². The number of rotatable bonds is 5. The SMILES string of the molecule is COc1cc([C@@H]2Oc3c(c(OC)cc4ccc(=O)oc34)O[C@H]2CO)cc(OC)c1O. The Balaban J connectivity index is 1.91. The Labute approximate surface area is 170 Å². The van der Waals surface area contributed by atoms with E-state index in [0.29, 0.717) is 16.7 Å². The van der Waals surface area contributed by atoms with Gasteiger partial charge in [-0.25, -0.2) is 4.79 Å². The molecule has 4 rings (SSSR count). The van der Waals surface area contributed by atoms with Gasteiger partial charge in [-0.2, -0.15) is 0 Å². The van der Waals surface area contributed by atoms with Crippen LogP contribution >= 0.6 is 0 Å². The number of hydrogen-bond donors (Lipinski definition) is 2. The average Bonchev–Trinajstić information content (AvgIpc) is 2.77. The molecule has 2 aromatic carbocycles. The average molecular weight is 416 g/mol. The molecule has 0 spiro atoms. The number of methoxy groups -OCH3 is 3. The van der Waals surface area contributed by atoms with E-state index in [-0.39, 0.29) is 40.9 Å². The van der Waals surface area contributed by atoms with Crippen LogP contribution in [0.4, 0.5) is 0 Å². The van der Waals surface area contributed by atoms with Crippen molar-refractivity contribution in [2.75, 3.05) is 27.9 Å². The largest absolute Gasteiger partial charge is 0.502 e. The summed E-state index contributed by atoms with van der Waals surface area (Å²) in [6.45, 7) is -0.379. The minimum Gasteiger partial charge on any atom is -0.502 e. The molecule has 0 bridgehead atoms. The maximum absolute atomic E-state index is 11.8. The fraction of sp³-hybridized carbons (Fsp3) is 0.286. The minimum atomic E-state index is -0.827. The lowest BCUT2D eigenvalue weighted by molar-refractivity contribution is -0.0137. The first-order chi connectivity index (χ1) is 14.5. The lowest BCUT2D eigenvalue weighted by atomic mass is 10.0. The van der Waals surface area contributed by atoms with E-state index in [1.54, 1.807) is 24.3 Å². The number of benzene rings is 2. The zero-order valence-electron chi connectivity index (χ0n) is 16.5. The summed E-state index contributed by atoms with van der Waals surface area (Å²) in [5.74, 6) is 0.911. The topological polar surface area (TPSA) is 117 Å². The minimum absolute atomic E-state index is 0.164. The Morgan fingerprint density at radius 2 is 1.60 bits per heavy atom. The van der Waals surface area contributed by atoms with Gasteiger partial charge in [0.15, 0.2) is 35.0 Å². The molecule has 2 N–H and O–H groups in total. The molecule has 1 aliphatic heterocycles. The third kappa shape index (κ3) is 3.13. The Kier molecular flexibility index (Phi) is 5.04. The first-order valence-corrected chi connectivity index (χ1v) is 9.04. The molecule has 0 fully saturated rings. The standard InChI is InChI=1S/C21H20O9/c1-25-12-7-11(8-13(26-2)17(12)24)18-15(9-22)28-20-14(27-3)6-10-4-5-16(23)29-19(10)21(20)30-18/h4-8,15,18,22,24H,9H2,1-3H3/t15-,18-/m0/s1. The summed E-state index contributed by atoms with van der Waals surface area (Å²) in [5, 5.41) is 20.7. The Bertz CT molecular complexity index is 1130. The first kappa shape index (κ1) is 19.7. The van der Waals surface area contributed by atoms with Gasteiger partial charge in [0, 0.05) is 17.0 Å². The van der Waals surface area contributed by atoms with Gasteiger partial charge in [0.05, 0.1) is 27.9 Å². The molecule has 3 aromatic rings. The van der Waals surface area contributed by atoms with E-state index in [9.17, 15) is 15.0 Å². The predicted molar refractivity (Wildman–Crippen MR) is 105 cm³/mol. The number of aliphatic hydroxyl groups excluding tert-OH is 1. The van der Waals surface area contributed by atoms with Crippen LogP contribution in [-0.2, 0) is 0 Å². The Morgan fingerprint density at radius 1 is 0.933 bits per heavy atom. The summed E-state index contributed by atoms with van der Waals surface area (Å²) in [7, 11) is 4.28. The van der Waals surface area contributed by atoms with E-state index in [1.807, 2.05) is 0 Å².